The van der Waals surface area contributed by atoms with Crippen LogP contribution in [0.1, 0.15) is 40.5 Å². The molecule has 1 fully saturated rings. The molecule has 2 heterocycles. The summed E-state index contributed by atoms with van der Waals surface area (Å²) in [7, 11) is 0. The van der Waals surface area contributed by atoms with Crippen LogP contribution in [-0.2, 0) is 6.42 Å². The number of nitrogens with one attached hydrogen (secondary N) is 1. The Kier molecular flexibility index (Phi) is 4.06. The molecule has 144 valence electrons. The molecule has 2 N–H and O–H groups in total. The lowest BCUT2D eigenvalue weighted by atomic mass is 10.1. The van der Waals surface area contributed by atoms with Crippen molar-refractivity contribution in [2.45, 2.75) is 37.4 Å². The average molecular weight is 383 g/mol. The van der Waals surface area contributed by atoms with E-state index in [4.69, 9.17) is 5.11 Å². The molecule has 3 atom stereocenters. The van der Waals surface area contributed by atoms with Gasteiger partial charge in [0, 0.05) is 11.5 Å². The van der Waals surface area contributed by atoms with Gasteiger partial charge in [-0.2, -0.15) is 23.0 Å². The maximum Gasteiger partial charge on any atom is 0.391 e. The second-order valence-corrected chi connectivity index (χ2v) is 6.88. The number of alkyl halides is 3. The van der Waals surface area contributed by atoms with Crippen molar-refractivity contribution in [3.05, 3.63) is 40.7 Å². The van der Waals surface area contributed by atoms with Crippen LogP contribution < -0.4 is 10.0 Å². The van der Waals surface area contributed by atoms with Gasteiger partial charge < -0.3 is 15.6 Å². The first kappa shape index (κ1) is 17.7. The van der Waals surface area contributed by atoms with Crippen molar-refractivity contribution in [2.75, 3.05) is 6.61 Å². The van der Waals surface area contributed by atoms with E-state index in [9.17, 15) is 23.2 Å². The molecule has 0 unspecified atom stereocenters. The second-order valence-electron chi connectivity index (χ2n) is 6.88. The summed E-state index contributed by atoms with van der Waals surface area (Å²) in [5.74, 6) is 0.0487. The van der Waals surface area contributed by atoms with Crippen LogP contribution in [0.2, 0.25) is 0 Å². The van der Waals surface area contributed by atoms with Gasteiger partial charge in [-0.05, 0) is 18.8 Å². The topological polar surface area (TPSA) is 107 Å². The average Bonchev–Trinajstić information content (AvgIpc) is 3.09. The van der Waals surface area contributed by atoms with Crippen LogP contribution in [0.4, 0.5) is 13.2 Å². The zero-order chi connectivity index (χ0) is 19.3. The van der Waals surface area contributed by atoms with Crippen LogP contribution in [0.3, 0.4) is 0 Å². The number of aromatic nitrogens is 4. The molecule has 1 amide bonds. The monoisotopic (exact) mass is 383 g/mol. The minimum absolute atomic E-state index is 0.0147. The van der Waals surface area contributed by atoms with E-state index in [1.807, 2.05) is 0 Å². The number of fused-ring (bicyclic) bond motifs is 3. The van der Waals surface area contributed by atoms with E-state index in [0.29, 0.717) is 22.6 Å². The Morgan fingerprint density at radius 1 is 1.52 bits per heavy atom. The fourth-order valence-electron chi connectivity index (χ4n) is 3.64. The summed E-state index contributed by atoms with van der Waals surface area (Å²) in [6, 6.07) is -1.45. The molecule has 0 bridgehead atoms. The predicted molar refractivity (Wildman–Crippen MR) is 83.9 cm³/mol. The standard InChI is InChI=1S/C16H16F3N5O3/c17-16(18,19)5-9(7-25)21-15(26)13-11-4-8-3-10(8)14(11)24(22-13)12-6-23(27)2-1-20-12/h1-2,6,8-10,25H,3-5,7H2,(H,21,26)/t8-,9-,10-/m0/s1. The maximum atomic E-state index is 12.6. The molecule has 2 aromatic heterocycles. The number of halogens is 3. The molecule has 0 aromatic carbocycles. The van der Waals surface area contributed by atoms with E-state index < -0.39 is 31.2 Å². The molecule has 0 radical (unpaired) electrons. The van der Waals surface area contributed by atoms with Gasteiger partial charge in [-0.15, -0.1) is 0 Å². The van der Waals surface area contributed by atoms with Crippen molar-refractivity contribution >= 4 is 5.91 Å². The van der Waals surface area contributed by atoms with Crippen LogP contribution in [0.15, 0.2) is 18.6 Å². The predicted octanol–water partition coefficient (Wildman–Crippen LogP) is 0.603. The number of nitrogens with zero attached hydrogens (tertiary/aromatic N) is 4. The molecule has 0 saturated heterocycles. The fourth-order valence-corrected chi connectivity index (χ4v) is 3.64. The van der Waals surface area contributed by atoms with E-state index in [-0.39, 0.29) is 17.4 Å². The lowest BCUT2D eigenvalue weighted by Crippen LogP contribution is -2.41. The van der Waals surface area contributed by atoms with Crippen molar-refractivity contribution in [3.63, 3.8) is 0 Å². The highest BCUT2D eigenvalue weighted by molar-refractivity contribution is 5.94. The lowest BCUT2D eigenvalue weighted by molar-refractivity contribution is -0.605. The lowest BCUT2D eigenvalue weighted by Gasteiger charge is -2.17. The number of carbonyl (C=O) groups excluding carboxylic acids is 1. The van der Waals surface area contributed by atoms with Crippen molar-refractivity contribution in [3.8, 4) is 5.82 Å². The Labute approximate surface area is 151 Å². The van der Waals surface area contributed by atoms with Gasteiger partial charge in [0.1, 0.15) is 0 Å². The summed E-state index contributed by atoms with van der Waals surface area (Å²) in [5.41, 5.74) is 1.46. The van der Waals surface area contributed by atoms with Gasteiger partial charge in [0.25, 0.3) is 5.91 Å². The van der Waals surface area contributed by atoms with Crippen LogP contribution in [0.5, 0.6) is 0 Å². The summed E-state index contributed by atoms with van der Waals surface area (Å²) in [4.78, 5) is 16.6. The molecule has 2 aliphatic rings. The fraction of sp³-hybridized carbons (Fsp3) is 0.500. The third kappa shape index (κ3) is 3.34. The van der Waals surface area contributed by atoms with E-state index in [0.717, 1.165) is 12.1 Å². The Morgan fingerprint density at radius 2 is 2.30 bits per heavy atom. The highest BCUT2D eigenvalue weighted by Crippen LogP contribution is 2.57. The van der Waals surface area contributed by atoms with Crippen molar-refractivity contribution in [1.29, 1.82) is 0 Å². The van der Waals surface area contributed by atoms with Gasteiger partial charge in [0.05, 0.1) is 31.0 Å². The third-order valence-corrected chi connectivity index (χ3v) is 4.89. The van der Waals surface area contributed by atoms with Crippen molar-refractivity contribution in [2.24, 2.45) is 5.92 Å². The van der Waals surface area contributed by atoms with Crippen molar-refractivity contribution < 1.29 is 27.8 Å². The van der Waals surface area contributed by atoms with E-state index in [2.05, 4.69) is 15.4 Å². The Balaban J connectivity index is 1.65. The number of hydrogen-bond donors (Lipinski definition) is 2. The zero-order valence-electron chi connectivity index (χ0n) is 14.0. The minimum Gasteiger partial charge on any atom is -0.619 e. The highest BCUT2D eigenvalue weighted by atomic mass is 19.4. The summed E-state index contributed by atoms with van der Waals surface area (Å²) in [5, 5.41) is 27.1. The van der Waals surface area contributed by atoms with Gasteiger partial charge >= 0.3 is 6.18 Å². The normalized spacial score (nSPS) is 21.5. The minimum atomic E-state index is -4.51. The van der Waals surface area contributed by atoms with Crippen LogP contribution in [-0.4, -0.2) is 44.6 Å². The Morgan fingerprint density at radius 3 is 2.96 bits per heavy atom. The Bertz CT molecular complexity index is 898. The van der Waals surface area contributed by atoms with Crippen molar-refractivity contribution in [1.82, 2.24) is 20.1 Å². The molecular weight excluding hydrogens is 367 g/mol. The van der Waals surface area contributed by atoms with E-state index in [1.54, 1.807) is 0 Å². The molecule has 8 nitrogen and oxygen atoms in total. The molecule has 27 heavy (non-hydrogen) atoms. The first-order valence-corrected chi connectivity index (χ1v) is 8.42. The Hall–Kier alpha value is -2.69. The molecule has 2 aliphatic carbocycles. The van der Waals surface area contributed by atoms with Gasteiger partial charge in [0.15, 0.2) is 11.9 Å². The quantitative estimate of drug-likeness (QED) is 0.581. The summed E-state index contributed by atoms with van der Waals surface area (Å²) in [6.45, 7) is -0.837. The molecule has 4 rings (SSSR count). The van der Waals surface area contributed by atoms with Gasteiger partial charge in [-0.3, -0.25) is 4.79 Å². The largest absolute Gasteiger partial charge is 0.619 e. The SMILES string of the molecule is O=C(N[C@H](CO)CC(F)(F)F)c1nn(-c2c[n+]([O-])ccn2)c2c1C[C@@H]1C[C@H]21. The first-order chi connectivity index (χ1) is 12.8. The summed E-state index contributed by atoms with van der Waals surface area (Å²) in [6.07, 6.45) is -0.568. The molecule has 1 saturated carbocycles. The molecule has 0 aliphatic heterocycles. The van der Waals surface area contributed by atoms with E-state index in [1.165, 1.54) is 23.3 Å². The zero-order valence-corrected chi connectivity index (χ0v) is 14.0. The number of rotatable bonds is 5. The van der Waals surface area contributed by atoms with Gasteiger partial charge in [-0.1, -0.05) is 0 Å². The summed E-state index contributed by atoms with van der Waals surface area (Å²) < 4.78 is 39.7. The number of hydrogen-bond acceptors (Lipinski definition) is 5. The first-order valence-electron chi connectivity index (χ1n) is 8.42. The molecular formula is C16H16F3N5O3. The summed E-state index contributed by atoms with van der Waals surface area (Å²) >= 11 is 0. The van der Waals surface area contributed by atoms with Gasteiger partial charge in [-0.25, -0.2) is 9.67 Å². The second kappa shape index (κ2) is 6.19. The number of aliphatic hydroxyl groups excluding tert-OH is 1. The van der Waals surface area contributed by atoms with E-state index >= 15 is 0 Å². The maximum absolute atomic E-state index is 12.6. The molecule has 0 spiro atoms. The smallest absolute Gasteiger partial charge is 0.391 e. The van der Waals surface area contributed by atoms with Crippen LogP contribution >= 0.6 is 0 Å². The number of aliphatic hydroxyl groups is 1. The third-order valence-electron chi connectivity index (χ3n) is 4.89. The van der Waals surface area contributed by atoms with Crippen LogP contribution in [0.25, 0.3) is 5.82 Å². The van der Waals surface area contributed by atoms with Gasteiger partial charge in [0.2, 0.25) is 12.0 Å². The molecule has 11 heteroatoms. The highest BCUT2D eigenvalue weighted by Gasteiger charge is 2.50. The number of amides is 1. The number of carbonyl (C=O) groups is 1. The van der Waals surface area contributed by atoms with Crippen LogP contribution in [0, 0.1) is 11.1 Å². The molecule has 2 aromatic rings.